The van der Waals surface area contributed by atoms with E-state index in [4.69, 9.17) is 4.74 Å². The Morgan fingerprint density at radius 2 is 2.37 bits per heavy atom. The number of hydrogen-bond donors (Lipinski definition) is 1. The first-order chi connectivity index (χ1) is 9.20. The van der Waals surface area contributed by atoms with Gasteiger partial charge in [-0.2, -0.15) is 0 Å². The van der Waals surface area contributed by atoms with Gasteiger partial charge in [-0.1, -0.05) is 12.1 Å². The zero-order valence-corrected chi connectivity index (χ0v) is 11.0. The average Bonchev–Trinajstić information content (AvgIpc) is 2.98. The maximum absolute atomic E-state index is 12.0. The molecule has 5 heteroatoms. The molecule has 1 heterocycles. The van der Waals surface area contributed by atoms with Gasteiger partial charge in [-0.3, -0.25) is 4.79 Å². The van der Waals surface area contributed by atoms with Gasteiger partial charge in [0.2, 0.25) is 5.91 Å². The topological polar surface area (TPSA) is 56.1 Å². The monoisotopic (exact) mass is 259 g/mol. The lowest BCUT2D eigenvalue weighted by Gasteiger charge is -2.13. The van der Waals surface area contributed by atoms with Crippen LogP contribution < -0.4 is 10.1 Å². The maximum atomic E-state index is 12.0. The Morgan fingerprint density at radius 1 is 1.53 bits per heavy atom. The third-order valence-electron chi connectivity index (χ3n) is 2.95. The molecular formula is C14H17N3O2. The molecule has 0 fully saturated rings. The van der Waals surface area contributed by atoms with E-state index < -0.39 is 0 Å². The number of amides is 1. The van der Waals surface area contributed by atoms with Gasteiger partial charge in [0.1, 0.15) is 11.8 Å². The zero-order chi connectivity index (χ0) is 13.7. The summed E-state index contributed by atoms with van der Waals surface area (Å²) in [7, 11) is 1.62. The van der Waals surface area contributed by atoms with Gasteiger partial charge in [0.05, 0.1) is 13.4 Å². The molecule has 2 rings (SSSR count). The van der Waals surface area contributed by atoms with Crippen molar-refractivity contribution < 1.29 is 9.53 Å². The number of aromatic nitrogens is 2. The first-order valence-corrected chi connectivity index (χ1v) is 6.09. The van der Waals surface area contributed by atoms with E-state index >= 15 is 0 Å². The molecule has 0 aliphatic rings. The number of benzene rings is 1. The van der Waals surface area contributed by atoms with Crippen molar-refractivity contribution in [3.05, 3.63) is 48.5 Å². The van der Waals surface area contributed by atoms with E-state index in [0.717, 1.165) is 11.3 Å². The van der Waals surface area contributed by atoms with E-state index in [-0.39, 0.29) is 11.9 Å². The quantitative estimate of drug-likeness (QED) is 0.890. The van der Waals surface area contributed by atoms with Gasteiger partial charge in [0.15, 0.2) is 0 Å². The Hall–Kier alpha value is -2.30. The summed E-state index contributed by atoms with van der Waals surface area (Å²) in [4.78, 5) is 15.9. The van der Waals surface area contributed by atoms with Gasteiger partial charge in [-0.15, -0.1) is 0 Å². The lowest BCUT2D eigenvalue weighted by atomic mass is 10.2. The number of nitrogens with one attached hydrogen (secondary N) is 1. The molecule has 0 saturated heterocycles. The summed E-state index contributed by atoms with van der Waals surface area (Å²) in [6, 6.07) is 7.36. The Labute approximate surface area is 112 Å². The summed E-state index contributed by atoms with van der Waals surface area (Å²) in [5.41, 5.74) is 1.01. The molecule has 0 unspecified atom stereocenters. The number of nitrogens with zero attached hydrogens (tertiary/aromatic N) is 2. The van der Waals surface area contributed by atoms with Crippen LogP contribution in [0.25, 0.3) is 0 Å². The van der Waals surface area contributed by atoms with Crippen molar-refractivity contribution in [3.63, 3.8) is 0 Å². The van der Waals surface area contributed by atoms with Crippen LogP contribution in [0.5, 0.6) is 5.75 Å². The molecule has 0 aliphatic carbocycles. The third-order valence-corrected chi connectivity index (χ3v) is 2.95. The standard InChI is InChI=1S/C14H17N3O2/c1-11(17-7-6-15-10-17)14(18)16-9-12-4-3-5-13(8-12)19-2/h3-8,10-11H,9H2,1-2H3,(H,16,18)/t11-/m0/s1. The van der Waals surface area contributed by atoms with Crippen LogP contribution in [0.1, 0.15) is 18.5 Å². The van der Waals surface area contributed by atoms with E-state index in [1.165, 1.54) is 0 Å². The van der Waals surface area contributed by atoms with Gasteiger partial charge in [-0.25, -0.2) is 4.98 Å². The minimum absolute atomic E-state index is 0.0409. The highest BCUT2D eigenvalue weighted by Crippen LogP contribution is 2.12. The highest BCUT2D eigenvalue weighted by Gasteiger charge is 2.13. The van der Waals surface area contributed by atoms with Crippen LogP contribution in [-0.2, 0) is 11.3 Å². The number of imidazole rings is 1. The molecule has 0 saturated carbocycles. The summed E-state index contributed by atoms with van der Waals surface area (Å²) in [5.74, 6) is 0.746. The van der Waals surface area contributed by atoms with Crippen LogP contribution in [0.2, 0.25) is 0 Å². The summed E-state index contributed by atoms with van der Waals surface area (Å²) in [6.45, 7) is 2.32. The molecule has 5 nitrogen and oxygen atoms in total. The molecule has 0 bridgehead atoms. The Bertz CT molecular complexity index is 537. The van der Waals surface area contributed by atoms with E-state index in [2.05, 4.69) is 10.3 Å². The molecule has 1 aromatic heterocycles. The minimum atomic E-state index is -0.270. The number of rotatable bonds is 5. The fraction of sp³-hybridized carbons (Fsp3) is 0.286. The highest BCUT2D eigenvalue weighted by molar-refractivity contribution is 5.79. The predicted molar refractivity (Wildman–Crippen MR) is 71.8 cm³/mol. The normalized spacial score (nSPS) is 11.9. The van der Waals surface area contributed by atoms with Crippen molar-refractivity contribution in [2.75, 3.05) is 7.11 Å². The van der Waals surface area contributed by atoms with Crippen LogP contribution >= 0.6 is 0 Å². The third kappa shape index (κ3) is 3.34. The number of carbonyl (C=O) groups excluding carboxylic acids is 1. The van der Waals surface area contributed by atoms with Crippen LogP contribution in [-0.4, -0.2) is 22.6 Å². The largest absolute Gasteiger partial charge is 0.497 e. The molecule has 2 aromatic rings. The fourth-order valence-electron chi connectivity index (χ4n) is 1.75. The molecule has 19 heavy (non-hydrogen) atoms. The smallest absolute Gasteiger partial charge is 0.243 e. The van der Waals surface area contributed by atoms with Crippen molar-refractivity contribution in [2.24, 2.45) is 0 Å². The van der Waals surface area contributed by atoms with Crippen molar-refractivity contribution >= 4 is 5.91 Å². The van der Waals surface area contributed by atoms with E-state index in [1.807, 2.05) is 31.2 Å². The Morgan fingerprint density at radius 3 is 3.05 bits per heavy atom. The van der Waals surface area contributed by atoms with Gasteiger partial charge in [0, 0.05) is 18.9 Å². The molecule has 1 aromatic carbocycles. The SMILES string of the molecule is COc1cccc(CNC(=O)[C@H](C)n2ccnc2)c1. The lowest BCUT2D eigenvalue weighted by molar-refractivity contribution is -0.124. The average molecular weight is 259 g/mol. The second-order valence-electron chi connectivity index (χ2n) is 4.26. The number of methoxy groups -OCH3 is 1. The maximum Gasteiger partial charge on any atom is 0.243 e. The molecule has 1 atom stereocenters. The minimum Gasteiger partial charge on any atom is -0.497 e. The number of carbonyl (C=O) groups is 1. The molecule has 1 N–H and O–H groups in total. The van der Waals surface area contributed by atoms with Crippen LogP contribution in [0.4, 0.5) is 0 Å². The second-order valence-corrected chi connectivity index (χ2v) is 4.26. The first-order valence-electron chi connectivity index (χ1n) is 6.09. The van der Waals surface area contributed by atoms with Crippen LogP contribution in [0.15, 0.2) is 43.0 Å². The summed E-state index contributed by atoms with van der Waals surface area (Å²) in [6.07, 6.45) is 5.07. The molecule has 1 amide bonds. The van der Waals surface area contributed by atoms with E-state index in [0.29, 0.717) is 6.54 Å². The summed E-state index contributed by atoms with van der Waals surface area (Å²) < 4.78 is 6.91. The molecule has 0 spiro atoms. The van der Waals surface area contributed by atoms with Gasteiger partial charge in [-0.05, 0) is 24.6 Å². The Balaban J connectivity index is 1.93. The lowest BCUT2D eigenvalue weighted by Crippen LogP contribution is -2.30. The van der Waals surface area contributed by atoms with Crippen LogP contribution in [0, 0.1) is 0 Å². The second kappa shape index (κ2) is 6.04. The predicted octanol–water partition coefficient (Wildman–Crippen LogP) is 1.77. The van der Waals surface area contributed by atoms with Gasteiger partial charge < -0.3 is 14.6 Å². The van der Waals surface area contributed by atoms with Crippen molar-refractivity contribution in [1.29, 1.82) is 0 Å². The summed E-state index contributed by atoms with van der Waals surface area (Å²) >= 11 is 0. The number of ether oxygens (including phenoxy) is 1. The van der Waals surface area contributed by atoms with E-state index in [1.54, 1.807) is 30.4 Å². The fourth-order valence-corrected chi connectivity index (χ4v) is 1.75. The summed E-state index contributed by atoms with van der Waals surface area (Å²) in [5, 5.41) is 2.90. The Kier molecular flexibility index (Phi) is 4.18. The molecule has 0 radical (unpaired) electrons. The molecular weight excluding hydrogens is 242 g/mol. The van der Waals surface area contributed by atoms with Gasteiger partial charge >= 0.3 is 0 Å². The number of hydrogen-bond acceptors (Lipinski definition) is 3. The van der Waals surface area contributed by atoms with E-state index in [9.17, 15) is 4.79 Å². The zero-order valence-electron chi connectivity index (χ0n) is 11.0. The molecule has 0 aliphatic heterocycles. The van der Waals surface area contributed by atoms with Crippen molar-refractivity contribution in [1.82, 2.24) is 14.9 Å². The van der Waals surface area contributed by atoms with Crippen LogP contribution in [0.3, 0.4) is 0 Å². The first kappa shape index (κ1) is 13.1. The van der Waals surface area contributed by atoms with Crippen molar-refractivity contribution in [2.45, 2.75) is 19.5 Å². The van der Waals surface area contributed by atoms with Gasteiger partial charge in [0.25, 0.3) is 0 Å². The highest BCUT2D eigenvalue weighted by atomic mass is 16.5. The van der Waals surface area contributed by atoms with Crippen molar-refractivity contribution in [3.8, 4) is 5.75 Å². The molecule has 100 valence electrons.